The van der Waals surface area contributed by atoms with E-state index in [1.165, 1.54) is 37.2 Å². The van der Waals surface area contributed by atoms with Crippen molar-refractivity contribution in [3.8, 4) is 0 Å². The van der Waals surface area contributed by atoms with Gasteiger partial charge in [0.05, 0.1) is 11.4 Å². The van der Waals surface area contributed by atoms with Crippen molar-refractivity contribution in [2.45, 2.75) is 45.2 Å². The number of hydrogen-bond donors (Lipinski definition) is 0. The van der Waals surface area contributed by atoms with Crippen molar-refractivity contribution in [1.82, 2.24) is 29.6 Å². The average Bonchev–Trinajstić information content (AvgIpc) is 3.29. The predicted octanol–water partition coefficient (Wildman–Crippen LogP) is 3.03. The first-order valence-electron chi connectivity index (χ1n) is 11.6. The zero-order valence-electron chi connectivity index (χ0n) is 18.7. The summed E-state index contributed by atoms with van der Waals surface area (Å²) in [6.07, 6.45) is 4.13. The van der Waals surface area contributed by atoms with Gasteiger partial charge in [-0.3, -0.25) is 9.80 Å². The van der Waals surface area contributed by atoms with Crippen molar-refractivity contribution in [2.75, 3.05) is 44.2 Å². The van der Waals surface area contributed by atoms with Gasteiger partial charge in [-0.2, -0.15) is 9.61 Å². The summed E-state index contributed by atoms with van der Waals surface area (Å²) in [7, 11) is 0. The van der Waals surface area contributed by atoms with E-state index in [1.807, 2.05) is 4.52 Å². The molecule has 0 amide bonds. The van der Waals surface area contributed by atoms with Crippen molar-refractivity contribution in [3.63, 3.8) is 0 Å². The highest BCUT2D eigenvalue weighted by atomic mass is 15.4. The highest BCUT2D eigenvalue weighted by molar-refractivity contribution is 5.68. The van der Waals surface area contributed by atoms with E-state index in [-0.39, 0.29) is 0 Å². The van der Waals surface area contributed by atoms with Crippen LogP contribution < -0.4 is 4.90 Å². The van der Waals surface area contributed by atoms with E-state index in [4.69, 9.17) is 0 Å². The Balaban J connectivity index is 1.18. The van der Waals surface area contributed by atoms with Gasteiger partial charge in [-0.15, -0.1) is 10.2 Å². The summed E-state index contributed by atoms with van der Waals surface area (Å²) in [5, 5.41) is 13.1. The van der Waals surface area contributed by atoms with Gasteiger partial charge in [-0.1, -0.05) is 44.2 Å². The van der Waals surface area contributed by atoms with Crippen molar-refractivity contribution in [1.29, 1.82) is 0 Å². The second-order valence-corrected chi connectivity index (χ2v) is 9.22. The van der Waals surface area contributed by atoms with E-state index < -0.39 is 0 Å². The van der Waals surface area contributed by atoms with E-state index in [0.717, 1.165) is 44.1 Å². The van der Waals surface area contributed by atoms with Gasteiger partial charge in [0.1, 0.15) is 6.33 Å². The Kier molecular flexibility index (Phi) is 5.87. The quantitative estimate of drug-likeness (QED) is 0.634. The van der Waals surface area contributed by atoms with E-state index in [9.17, 15) is 0 Å². The smallest absolute Gasteiger partial charge is 0.200 e. The van der Waals surface area contributed by atoms with Crippen LogP contribution in [0.3, 0.4) is 0 Å². The third-order valence-electron chi connectivity index (χ3n) is 6.84. The van der Waals surface area contributed by atoms with Crippen LogP contribution in [0.1, 0.15) is 43.9 Å². The number of nitrogens with zero attached hydrogens (tertiary/aromatic N) is 7. The van der Waals surface area contributed by atoms with Crippen LogP contribution in [0.4, 0.5) is 5.69 Å². The van der Waals surface area contributed by atoms with Gasteiger partial charge in [-0.25, -0.2) is 0 Å². The largest absolute Gasteiger partial charge is 0.368 e. The van der Waals surface area contributed by atoms with E-state index >= 15 is 0 Å². The lowest BCUT2D eigenvalue weighted by Crippen LogP contribution is -2.53. The molecule has 2 fully saturated rings. The fourth-order valence-electron chi connectivity index (χ4n) is 4.94. The first-order valence-corrected chi connectivity index (χ1v) is 11.6. The molecule has 0 saturated carbocycles. The number of piperazine rings is 1. The third-order valence-corrected chi connectivity index (χ3v) is 6.84. The molecule has 7 nitrogen and oxygen atoms in total. The van der Waals surface area contributed by atoms with Crippen LogP contribution in [0.2, 0.25) is 0 Å². The summed E-state index contributed by atoms with van der Waals surface area (Å²) in [6, 6.07) is 13.8. The normalized spacial score (nSPS) is 19.5. The second-order valence-electron chi connectivity index (χ2n) is 9.22. The predicted molar refractivity (Wildman–Crippen MR) is 123 cm³/mol. The number of rotatable bonds is 5. The molecular weight excluding hydrogens is 386 g/mol. The van der Waals surface area contributed by atoms with Gasteiger partial charge < -0.3 is 4.90 Å². The fourth-order valence-corrected chi connectivity index (χ4v) is 4.94. The van der Waals surface area contributed by atoms with E-state index in [1.54, 1.807) is 6.33 Å². The number of fused-ring (bicyclic) bond motifs is 1. The molecule has 0 unspecified atom stereocenters. The minimum absolute atomic E-state index is 0.385. The summed E-state index contributed by atoms with van der Waals surface area (Å²) < 4.78 is 1.84. The molecule has 31 heavy (non-hydrogen) atoms. The molecule has 5 rings (SSSR count). The van der Waals surface area contributed by atoms with Crippen molar-refractivity contribution in [2.24, 2.45) is 0 Å². The number of piperidine rings is 1. The van der Waals surface area contributed by atoms with Crippen LogP contribution in [-0.2, 0) is 6.54 Å². The Bertz CT molecular complexity index is 984. The zero-order valence-corrected chi connectivity index (χ0v) is 18.7. The van der Waals surface area contributed by atoms with Gasteiger partial charge in [0.2, 0.25) is 5.65 Å². The van der Waals surface area contributed by atoms with Crippen LogP contribution in [0.5, 0.6) is 0 Å². The molecule has 2 saturated heterocycles. The fraction of sp³-hybridized carbons (Fsp3) is 0.542. The number of aromatic nitrogens is 4. The van der Waals surface area contributed by atoms with Gasteiger partial charge in [0.15, 0.2) is 0 Å². The molecule has 2 aliphatic heterocycles. The maximum atomic E-state index is 4.67. The molecule has 1 aromatic carbocycles. The molecule has 0 radical (unpaired) electrons. The van der Waals surface area contributed by atoms with Gasteiger partial charge in [-0.05, 0) is 30.4 Å². The molecule has 0 N–H and O–H groups in total. The molecule has 7 heteroatoms. The lowest BCUT2D eigenvalue weighted by Gasteiger charge is -2.43. The van der Waals surface area contributed by atoms with Crippen LogP contribution >= 0.6 is 0 Å². The molecule has 2 aromatic heterocycles. The van der Waals surface area contributed by atoms with Crippen LogP contribution in [0.25, 0.3) is 5.65 Å². The van der Waals surface area contributed by atoms with Gasteiger partial charge >= 0.3 is 0 Å². The van der Waals surface area contributed by atoms with Gasteiger partial charge in [0.25, 0.3) is 0 Å². The minimum atomic E-state index is 0.385. The number of benzene rings is 1. The highest BCUT2D eigenvalue weighted by Gasteiger charge is 2.28. The number of anilines is 1. The summed E-state index contributed by atoms with van der Waals surface area (Å²) in [6.45, 7) is 12.3. The Labute approximate surface area is 184 Å². The SMILES string of the molecule is CC(C)c1cc(N2CCC(N3CCN(Cc4ccccc4)CC3)CC2)c2nncn2n1. The Morgan fingerprint density at radius 1 is 0.968 bits per heavy atom. The molecular formula is C24H33N7. The topological polar surface area (TPSA) is 52.8 Å². The summed E-state index contributed by atoms with van der Waals surface area (Å²) >= 11 is 0. The standard InChI is InChI=1S/C24H33N7/c1-19(2)22-16-23(24-26-25-18-31(24)27-22)30-10-8-21(9-11-30)29-14-12-28(13-15-29)17-20-6-4-3-5-7-20/h3-7,16,18-19,21H,8-15,17H2,1-2H3. The molecule has 0 aliphatic carbocycles. The molecule has 2 aliphatic rings. The van der Waals surface area contributed by atoms with Gasteiger partial charge in [0, 0.05) is 51.9 Å². The lowest BCUT2D eigenvalue weighted by atomic mass is 10.0. The third kappa shape index (κ3) is 4.43. The van der Waals surface area contributed by atoms with Crippen molar-refractivity contribution >= 4 is 11.3 Å². The second kappa shape index (κ2) is 8.93. The monoisotopic (exact) mass is 419 g/mol. The Hall–Kier alpha value is -2.51. The molecule has 0 atom stereocenters. The first kappa shape index (κ1) is 20.4. The van der Waals surface area contributed by atoms with Crippen molar-refractivity contribution < 1.29 is 0 Å². The van der Waals surface area contributed by atoms with Crippen LogP contribution in [0.15, 0.2) is 42.7 Å². The molecule has 3 aromatic rings. The maximum Gasteiger partial charge on any atom is 0.200 e. The van der Waals surface area contributed by atoms with Crippen LogP contribution in [-0.4, -0.2) is 74.9 Å². The average molecular weight is 420 g/mol. The molecule has 0 spiro atoms. The summed E-state index contributed by atoms with van der Waals surface area (Å²) in [4.78, 5) is 7.80. The Morgan fingerprint density at radius 2 is 1.71 bits per heavy atom. The highest BCUT2D eigenvalue weighted by Crippen LogP contribution is 2.28. The number of hydrogen-bond acceptors (Lipinski definition) is 6. The summed E-state index contributed by atoms with van der Waals surface area (Å²) in [5.74, 6) is 0.385. The molecule has 0 bridgehead atoms. The summed E-state index contributed by atoms with van der Waals surface area (Å²) in [5.41, 5.74) is 4.57. The first-order chi connectivity index (χ1) is 15.2. The zero-order chi connectivity index (χ0) is 21.2. The van der Waals surface area contributed by atoms with Crippen molar-refractivity contribution in [3.05, 3.63) is 54.0 Å². The Morgan fingerprint density at radius 3 is 2.42 bits per heavy atom. The lowest BCUT2D eigenvalue weighted by molar-refractivity contribution is 0.0812. The molecule has 164 valence electrons. The van der Waals surface area contributed by atoms with E-state index in [0.29, 0.717) is 12.0 Å². The van der Waals surface area contributed by atoms with Crippen LogP contribution in [0, 0.1) is 0 Å². The van der Waals surface area contributed by atoms with E-state index in [2.05, 4.69) is 80.2 Å². The molecule has 4 heterocycles. The maximum absolute atomic E-state index is 4.67. The minimum Gasteiger partial charge on any atom is -0.368 e.